The van der Waals surface area contributed by atoms with E-state index >= 15 is 0 Å². The normalized spacial score (nSPS) is 12.3. The van der Waals surface area contributed by atoms with Gasteiger partial charge in [0, 0.05) is 41.1 Å². The molecule has 0 saturated carbocycles. The number of benzene rings is 3. The molecular formula is C35H33N5O2. The lowest BCUT2D eigenvalue weighted by Gasteiger charge is -2.18. The Kier molecular flexibility index (Phi) is 7.40. The van der Waals surface area contributed by atoms with Gasteiger partial charge in [-0.05, 0) is 91.4 Å². The number of aryl methyl sites for hydroxylation is 3. The van der Waals surface area contributed by atoms with Gasteiger partial charge >= 0.3 is 0 Å². The summed E-state index contributed by atoms with van der Waals surface area (Å²) in [7, 11) is 0. The van der Waals surface area contributed by atoms with Crippen molar-refractivity contribution >= 4 is 23.2 Å². The third kappa shape index (κ3) is 5.33. The highest BCUT2D eigenvalue weighted by Gasteiger charge is 2.26. The fraction of sp³-hybridized carbons (Fsp3) is 0.200. The SMILES string of the molecule is CCc1ccc(-c2ccccc2)c(C(=O)Nc2ccc3c(c2)CCN3C(=O)Cc2ccnc(-n3c(C)ccc3C)n2)c1. The Balaban J connectivity index is 1.19. The van der Waals surface area contributed by atoms with Crippen molar-refractivity contribution in [3.8, 4) is 17.1 Å². The van der Waals surface area contributed by atoms with Gasteiger partial charge in [-0.3, -0.25) is 14.2 Å². The van der Waals surface area contributed by atoms with Crippen molar-refractivity contribution in [2.24, 2.45) is 0 Å². The molecule has 1 aliphatic heterocycles. The summed E-state index contributed by atoms with van der Waals surface area (Å²) in [5.74, 6) is 0.408. The largest absolute Gasteiger partial charge is 0.322 e. The minimum absolute atomic E-state index is 0.0139. The van der Waals surface area contributed by atoms with Crippen molar-refractivity contribution < 1.29 is 9.59 Å². The lowest BCUT2D eigenvalue weighted by Crippen LogP contribution is -2.30. The van der Waals surface area contributed by atoms with Crippen LogP contribution in [0.25, 0.3) is 17.1 Å². The highest BCUT2D eigenvalue weighted by Crippen LogP contribution is 2.32. The maximum absolute atomic E-state index is 13.5. The van der Waals surface area contributed by atoms with E-state index in [0.717, 1.165) is 52.2 Å². The lowest BCUT2D eigenvalue weighted by molar-refractivity contribution is -0.117. The Morgan fingerprint density at radius 3 is 2.45 bits per heavy atom. The molecule has 1 aliphatic rings. The van der Waals surface area contributed by atoms with Crippen molar-refractivity contribution in [2.45, 2.75) is 40.0 Å². The van der Waals surface area contributed by atoms with Crippen LogP contribution in [-0.2, 0) is 24.1 Å². The molecule has 5 aromatic rings. The molecule has 0 atom stereocenters. The summed E-state index contributed by atoms with van der Waals surface area (Å²) in [5, 5.41) is 3.10. The van der Waals surface area contributed by atoms with Gasteiger partial charge in [0.1, 0.15) is 0 Å². The predicted molar refractivity (Wildman–Crippen MR) is 166 cm³/mol. The number of nitrogens with one attached hydrogen (secondary N) is 1. The summed E-state index contributed by atoms with van der Waals surface area (Å²) in [6, 6.07) is 27.7. The van der Waals surface area contributed by atoms with E-state index in [2.05, 4.69) is 28.3 Å². The van der Waals surface area contributed by atoms with Crippen LogP contribution in [0.1, 0.15) is 45.5 Å². The van der Waals surface area contributed by atoms with Gasteiger partial charge in [-0.2, -0.15) is 0 Å². The van der Waals surface area contributed by atoms with Gasteiger partial charge in [-0.15, -0.1) is 0 Å². The molecule has 3 aromatic carbocycles. The van der Waals surface area contributed by atoms with Crippen LogP contribution in [0.4, 0.5) is 11.4 Å². The van der Waals surface area contributed by atoms with Gasteiger partial charge in [-0.1, -0.05) is 49.4 Å². The summed E-state index contributed by atoms with van der Waals surface area (Å²) in [6.07, 6.45) is 3.46. The Hall–Kier alpha value is -5.04. The molecule has 6 rings (SSSR count). The quantitative estimate of drug-likeness (QED) is 0.249. The summed E-state index contributed by atoms with van der Waals surface area (Å²) >= 11 is 0. The molecule has 2 aromatic heterocycles. The minimum Gasteiger partial charge on any atom is -0.322 e. The topological polar surface area (TPSA) is 80.1 Å². The molecule has 0 radical (unpaired) electrons. The second kappa shape index (κ2) is 11.4. The molecule has 42 heavy (non-hydrogen) atoms. The second-order valence-corrected chi connectivity index (χ2v) is 10.7. The summed E-state index contributed by atoms with van der Waals surface area (Å²) in [4.78, 5) is 37.8. The molecule has 0 saturated heterocycles. The maximum atomic E-state index is 13.5. The van der Waals surface area contributed by atoms with Crippen molar-refractivity contribution in [1.29, 1.82) is 0 Å². The van der Waals surface area contributed by atoms with Crippen LogP contribution in [0.3, 0.4) is 0 Å². The molecule has 0 fully saturated rings. The smallest absolute Gasteiger partial charge is 0.256 e. The van der Waals surface area contributed by atoms with Crippen molar-refractivity contribution in [3.63, 3.8) is 0 Å². The Labute approximate surface area is 245 Å². The van der Waals surface area contributed by atoms with Crippen LogP contribution in [0.15, 0.2) is 91.1 Å². The maximum Gasteiger partial charge on any atom is 0.256 e. The number of nitrogens with zero attached hydrogens (tertiary/aromatic N) is 4. The molecule has 210 valence electrons. The summed E-state index contributed by atoms with van der Waals surface area (Å²) in [5.41, 5.74) is 9.05. The number of carbonyl (C=O) groups is 2. The van der Waals surface area contributed by atoms with E-state index in [-0.39, 0.29) is 18.2 Å². The van der Waals surface area contributed by atoms with Crippen LogP contribution in [-0.4, -0.2) is 32.9 Å². The van der Waals surface area contributed by atoms with Crippen LogP contribution in [0, 0.1) is 13.8 Å². The van der Waals surface area contributed by atoms with E-state index in [0.29, 0.717) is 29.4 Å². The highest BCUT2D eigenvalue weighted by atomic mass is 16.2. The van der Waals surface area contributed by atoms with Gasteiger partial charge in [0.25, 0.3) is 5.91 Å². The molecule has 2 amide bonds. The van der Waals surface area contributed by atoms with E-state index in [1.54, 1.807) is 12.3 Å². The zero-order chi connectivity index (χ0) is 29.2. The fourth-order valence-electron chi connectivity index (χ4n) is 5.63. The fourth-order valence-corrected chi connectivity index (χ4v) is 5.63. The molecule has 0 aliphatic carbocycles. The third-order valence-corrected chi connectivity index (χ3v) is 7.86. The van der Waals surface area contributed by atoms with Gasteiger partial charge in [0.05, 0.1) is 12.1 Å². The minimum atomic E-state index is -0.150. The second-order valence-electron chi connectivity index (χ2n) is 10.7. The molecule has 7 heteroatoms. The predicted octanol–water partition coefficient (Wildman–Crippen LogP) is 6.50. The van der Waals surface area contributed by atoms with Crippen LogP contribution in [0.2, 0.25) is 0 Å². The first-order chi connectivity index (χ1) is 20.4. The van der Waals surface area contributed by atoms with E-state index in [1.165, 1.54) is 0 Å². The first kappa shape index (κ1) is 27.1. The number of fused-ring (bicyclic) bond motifs is 1. The van der Waals surface area contributed by atoms with Crippen LogP contribution in [0.5, 0.6) is 0 Å². The Morgan fingerprint density at radius 1 is 0.905 bits per heavy atom. The third-order valence-electron chi connectivity index (χ3n) is 7.86. The number of rotatable bonds is 7. The lowest BCUT2D eigenvalue weighted by atomic mass is 9.96. The standard InChI is InChI=1S/C35H33N5O2/c1-4-25-12-14-30(26-8-6-5-7-9-26)31(20-25)34(42)37-28-13-15-32-27(21-28)17-19-39(32)33(41)22-29-16-18-36-35(38-29)40-23(2)10-11-24(40)3/h5-16,18,20-21H,4,17,19,22H2,1-3H3,(H,37,42). The average molecular weight is 556 g/mol. The van der Waals surface area contributed by atoms with Gasteiger partial charge < -0.3 is 10.2 Å². The first-order valence-electron chi connectivity index (χ1n) is 14.3. The highest BCUT2D eigenvalue weighted by molar-refractivity contribution is 6.09. The number of hydrogen-bond acceptors (Lipinski definition) is 4. The van der Waals surface area contributed by atoms with E-state index in [1.807, 2.05) is 96.1 Å². The monoisotopic (exact) mass is 555 g/mol. The number of carbonyl (C=O) groups excluding carboxylic acids is 2. The van der Waals surface area contributed by atoms with E-state index < -0.39 is 0 Å². The molecular weight excluding hydrogens is 522 g/mol. The molecule has 0 bridgehead atoms. The van der Waals surface area contributed by atoms with E-state index in [4.69, 9.17) is 0 Å². The first-order valence-corrected chi connectivity index (χ1v) is 14.3. The van der Waals surface area contributed by atoms with E-state index in [9.17, 15) is 9.59 Å². The summed E-state index contributed by atoms with van der Waals surface area (Å²) < 4.78 is 1.98. The Bertz CT molecular complexity index is 1770. The number of aromatic nitrogens is 3. The van der Waals surface area contributed by atoms with Crippen LogP contribution < -0.4 is 10.2 Å². The molecule has 0 unspecified atom stereocenters. The van der Waals surface area contributed by atoms with Crippen molar-refractivity contribution in [1.82, 2.24) is 14.5 Å². The van der Waals surface area contributed by atoms with Gasteiger partial charge in [0.2, 0.25) is 11.9 Å². The molecule has 7 nitrogen and oxygen atoms in total. The van der Waals surface area contributed by atoms with Gasteiger partial charge in [-0.25, -0.2) is 9.97 Å². The molecule has 1 N–H and O–H groups in total. The average Bonchev–Trinajstić information content (AvgIpc) is 3.59. The molecule has 3 heterocycles. The summed E-state index contributed by atoms with van der Waals surface area (Å²) in [6.45, 7) is 6.70. The van der Waals surface area contributed by atoms with Crippen LogP contribution >= 0.6 is 0 Å². The number of anilines is 2. The number of hydrogen-bond donors (Lipinski definition) is 1. The number of amides is 2. The zero-order valence-corrected chi connectivity index (χ0v) is 24.1. The van der Waals surface area contributed by atoms with Crippen molar-refractivity contribution in [3.05, 3.63) is 125 Å². The zero-order valence-electron chi connectivity index (χ0n) is 24.1. The van der Waals surface area contributed by atoms with Gasteiger partial charge in [0.15, 0.2) is 0 Å². The Morgan fingerprint density at radius 2 is 1.69 bits per heavy atom. The molecule has 0 spiro atoms. The van der Waals surface area contributed by atoms with Crippen molar-refractivity contribution in [2.75, 3.05) is 16.8 Å².